The number of fused-ring (bicyclic) bond motifs is 1. The van der Waals surface area contributed by atoms with E-state index in [-0.39, 0.29) is 41.1 Å². The second-order valence-electron chi connectivity index (χ2n) is 12.2. The van der Waals surface area contributed by atoms with Crippen LogP contribution in [0.4, 0.5) is 0 Å². The van der Waals surface area contributed by atoms with E-state index < -0.39 is 5.41 Å². The maximum atomic E-state index is 12.2. The van der Waals surface area contributed by atoms with Crippen molar-refractivity contribution in [1.29, 1.82) is 0 Å². The number of esters is 3. The van der Waals surface area contributed by atoms with Gasteiger partial charge >= 0.3 is 17.9 Å². The molecule has 0 aromatic carbocycles. The van der Waals surface area contributed by atoms with Crippen molar-refractivity contribution in [2.45, 2.75) is 124 Å². The van der Waals surface area contributed by atoms with Gasteiger partial charge in [0.2, 0.25) is 0 Å². The fourth-order valence-corrected chi connectivity index (χ4v) is 5.51. The molecule has 188 valence electrons. The fourth-order valence-electron chi connectivity index (χ4n) is 5.51. The minimum atomic E-state index is -0.458. The number of carbonyl (C=O) groups is 3. The van der Waals surface area contributed by atoms with Gasteiger partial charge in [-0.15, -0.1) is 0 Å². The molecule has 0 radical (unpaired) electrons. The van der Waals surface area contributed by atoms with Gasteiger partial charge < -0.3 is 14.2 Å². The summed E-state index contributed by atoms with van der Waals surface area (Å²) in [4.78, 5) is 35.6. The Morgan fingerprint density at radius 3 is 2.12 bits per heavy atom. The topological polar surface area (TPSA) is 78.9 Å². The molecule has 0 amide bonds. The van der Waals surface area contributed by atoms with Gasteiger partial charge in [-0.2, -0.15) is 0 Å². The van der Waals surface area contributed by atoms with Crippen LogP contribution in [-0.2, 0) is 28.6 Å². The molecular formula is C27H44O6. The van der Waals surface area contributed by atoms with Gasteiger partial charge in [-0.05, 0) is 91.9 Å². The summed E-state index contributed by atoms with van der Waals surface area (Å²) in [6.07, 6.45) is 8.25. The average Bonchev–Trinajstić information content (AvgIpc) is 3.45. The van der Waals surface area contributed by atoms with E-state index in [0.29, 0.717) is 24.2 Å². The van der Waals surface area contributed by atoms with Gasteiger partial charge in [0.25, 0.3) is 0 Å². The van der Waals surface area contributed by atoms with E-state index in [2.05, 4.69) is 6.92 Å². The summed E-state index contributed by atoms with van der Waals surface area (Å²) in [6, 6.07) is 0. The highest BCUT2D eigenvalue weighted by atomic mass is 16.6. The zero-order chi connectivity index (χ0) is 24.6. The molecule has 1 saturated heterocycles. The Morgan fingerprint density at radius 2 is 1.55 bits per heavy atom. The van der Waals surface area contributed by atoms with Crippen LogP contribution < -0.4 is 0 Å². The first-order chi connectivity index (χ1) is 15.3. The summed E-state index contributed by atoms with van der Waals surface area (Å²) < 4.78 is 16.8. The molecule has 1 aliphatic heterocycles. The summed E-state index contributed by atoms with van der Waals surface area (Å²) >= 11 is 0. The molecule has 6 heteroatoms. The summed E-state index contributed by atoms with van der Waals surface area (Å²) in [5.74, 6) is 0.956. The SMILES string of the molecule is CCC(C)(C)C(=O)OC1(C)CCCC1.CCC(C)(C)C(=O)OC1C2CC3CC(=O)OC1C3C2. The molecule has 2 bridgehead atoms. The van der Waals surface area contributed by atoms with E-state index in [4.69, 9.17) is 14.2 Å². The first-order valence-electron chi connectivity index (χ1n) is 13.0. The van der Waals surface area contributed by atoms with E-state index >= 15 is 0 Å². The van der Waals surface area contributed by atoms with Crippen LogP contribution in [0.2, 0.25) is 0 Å². The van der Waals surface area contributed by atoms with Gasteiger partial charge in [0.15, 0.2) is 0 Å². The molecule has 5 unspecified atom stereocenters. The lowest BCUT2D eigenvalue weighted by Crippen LogP contribution is -2.48. The Balaban J connectivity index is 0.000000196. The molecule has 33 heavy (non-hydrogen) atoms. The maximum Gasteiger partial charge on any atom is 0.312 e. The van der Waals surface area contributed by atoms with Crippen molar-refractivity contribution in [3.8, 4) is 0 Å². The third-order valence-corrected chi connectivity index (χ3v) is 8.81. The molecule has 4 rings (SSSR count). The Hall–Kier alpha value is -1.59. The highest BCUT2D eigenvalue weighted by molar-refractivity contribution is 5.77. The van der Waals surface area contributed by atoms with Crippen LogP contribution in [-0.4, -0.2) is 35.7 Å². The fraction of sp³-hybridized carbons (Fsp3) is 0.889. The molecule has 1 heterocycles. The average molecular weight is 465 g/mol. The molecule has 3 aliphatic carbocycles. The maximum absolute atomic E-state index is 12.2. The Kier molecular flexibility index (Phi) is 7.55. The van der Waals surface area contributed by atoms with Crippen molar-refractivity contribution in [2.75, 3.05) is 0 Å². The van der Waals surface area contributed by atoms with E-state index in [1.807, 2.05) is 41.5 Å². The van der Waals surface area contributed by atoms with Gasteiger partial charge in [0.05, 0.1) is 10.8 Å². The molecule has 3 saturated carbocycles. The second kappa shape index (κ2) is 9.58. The van der Waals surface area contributed by atoms with Gasteiger partial charge in [-0.25, -0.2) is 0 Å². The van der Waals surface area contributed by atoms with Crippen LogP contribution in [0.25, 0.3) is 0 Å². The first-order valence-corrected chi connectivity index (χ1v) is 13.0. The first kappa shape index (κ1) is 26.0. The normalized spacial score (nSPS) is 32.0. The lowest BCUT2D eigenvalue weighted by Gasteiger charge is -2.39. The quantitative estimate of drug-likeness (QED) is 0.376. The van der Waals surface area contributed by atoms with Gasteiger partial charge in [-0.1, -0.05) is 13.8 Å². The third kappa shape index (κ3) is 5.57. The van der Waals surface area contributed by atoms with E-state index in [9.17, 15) is 14.4 Å². The summed E-state index contributed by atoms with van der Waals surface area (Å²) in [5.41, 5.74) is -0.963. The van der Waals surface area contributed by atoms with Gasteiger partial charge in [-0.3, -0.25) is 14.4 Å². The van der Waals surface area contributed by atoms with Gasteiger partial charge in [0, 0.05) is 18.3 Å². The lowest BCUT2D eigenvalue weighted by atomic mass is 9.81. The predicted molar refractivity (Wildman–Crippen MR) is 125 cm³/mol. The molecule has 0 spiro atoms. The van der Waals surface area contributed by atoms with E-state index in [1.54, 1.807) is 0 Å². The molecule has 4 fully saturated rings. The molecule has 5 atom stereocenters. The van der Waals surface area contributed by atoms with Crippen molar-refractivity contribution in [3.05, 3.63) is 0 Å². The predicted octanol–water partition coefficient (Wildman–Crippen LogP) is 5.60. The van der Waals surface area contributed by atoms with Crippen LogP contribution in [0, 0.1) is 28.6 Å². The van der Waals surface area contributed by atoms with Crippen molar-refractivity contribution in [3.63, 3.8) is 0 Å². The minimum Gasteiger partial charge on any atom is -0.459 e. The summed E-state index contributed by atoms with van der Waals surface area (Å²) in [7, 11) is 0. The number of ether oxygens (including phenoxy) is 3. The number of hydrogen-bond acceptors (Lipinski definition) is 6. The molecular weight excluding hydrogens is 420 g/mol. The standard InChI is InChI=1S/C15H22O4.C12H22O2/c1-4-15(2,3)14(17)19-12-9-5-8-7-11(16)18-13(12)10(8)6-9;1-5-11(2,3)10(13)14-12(4)8-6-7-9-12/h8-10,12-13H,4-7H2,1-3H3;5-9H2,1-4H3. The Labute approximate surface area is 199 Å². The molecule has 6 nitrogen and oxygen atoms in total. The third-order valence-electron chi connectivity index (χ3n) is 8.81. The molecule has 0 N–H and O–H groups in total. The van der Waals surface area contributed by atoms with Crippen molar-refractivity contribution >= 4 is 17.9 Å². The van der Waals surface area contributed by atoms with Crippen LogP contribution in [0.3, 0.4) is 0 Å². The van der Waals surface area contributed by atoms with Crippen LogP contribution >= 0.6 is 0 Å². The van der Waals surface area contributed by atoms with Crippen LogP contribution in [0.15, 0.2) is 0 Å². The smallest absolute Gasteiger partial charge is 0.312 e. The summed E-state index contributed by atoms with van der Waals surface area (Å²) in [6.45, 7) is 13.8. The van der Waals surface area contributed by atoms with Crippen molar-refractivity contribution < 1.29 is 28.6 Å². The Morgan fingerprint density at radius 1 is 0.970 bits per heavy atom. The van der Waals surface area contributed by atoms with Gasteiger partial charge in [0.1, 0.15) is 17.8 Å². The number of hydrogen-bond donors (Lipinski definition) is 0. The largest absolute Gasteiger partial charge is 0.459 e. The lowest BCUT2D eigenvalue weighted by molar-refractivity contribution is -0.189. The minimum absolute atomic E-state index is 0.0376. The second-order valence-corrected chi connectivity index (χ2v) is 12.2. The van der Waals surface area contributed by atoms with Crippen molar-refractivity contribution in [1.82, 2.24) is 0 Å². The number of carbonyl (C=O) groups excluding carboxylic acids is 3. The van der Waals surface area contributed by atoms with E-state index in [0.717, 1.165) is 38.5 Å². The highest BCUT2D eigenvalue weighted by Gasteiger charge is 2.59. The Bertz CT molecular complexity index is 748. The molecule has 4 aliphatic rings. The molecule has 0 aromatic heterocycles. The monoisotopic (exact) mass is 464 g/mol. The van der Waals surface area contributed by atoms with Crippen molar-refractivity contribution in [2.24, 2.45) is 28.6 Å². The van der Waals surface area contributed by atoms with Crippen LogP contribution in [0.5, 0.6) is 0 Å². The number of rotatable bonds is 6. The zero-order valence-corrected chi connectivity index (χ0v) is 21.7. The highest BCUT2D eigenvalue weighted by Crippen LogP contribution is 2.54. The molecule has 0 aromatic rings. The summed E-state index contributed by atoms with van der Waals surface area (Å²) in [5, 5.41) is 0. The zero-order valence-electron chi connectivity index (χ0n) is 21.7. The van der Waals surface area contributed by atoms with E-state index in [1.165, 1.54) is 12.8 Å². The van der Waals surface area contributed by atoms with Crippen LogP contribution in [0.1, 0.15) is 106 Å².